The van der Waals surface area contributed by atoms with E-state index in [9.17, 15) is 13.2 Å². The number of benzene rings is 2. The van der Waals surface area contributed by atoms with Crippen LogP contribution in [0.2, 0.25) is 0 Å². The lowest BCUT2D eigenvalue weighted by molar-refractivity contribution is 0.0954. The molecule has 0 saturated carbocycles. The first-order valence-electron chi connectivity index (χ1n) is 9.42. The maximum Gasteiger partial charge on any atom is 0.251 e. The molecular formula is C21H26N2O3S. The second-order valence-corrected chi connectivity index (χ2v) is 8.87. The molecule has 1 N–H and O–H groups in total. The Morgan fingerprint density at radius 1 is 1.07 bits per heavy atom. The molecule has 6 heteroatoms. The summed E-state index contributed by atoms with van der Waals surface area (Å²) in [4.78, 5) is 12.5. The summed E-state index contributed by atoms with van der Waals surface area (Å²) in [5, 5.41) is 2.88. The summed E-state index contributed by atoms with van der Waals surface area (Å²) in [7, 11) is -3.51. The fourth-order valence-electron chi connectivity index (χ4n) is 3.41. The molecule has 1 heterocycles. The Hall–Kier alpha value is -2.18. The van der Waals surface area contributed by atoms with Crippen LogP contribution in [-0.2, 0) is 16.4 Å². The van der Waals surface area contributed by atoms with Gasteiger partial charge in [0.2, 0.25) is 10.0 Å². The number of carbonyl (C=O) groups is 1. The van der Waals surface area contributed by atoms with Crippen LogP contribution in [0.25, 0.3) is 0 Å². The molecule has 1 amide bonds. The topological polar surface area (TPSA) is 66.5 Å². The quantitative estimate of drug-likeness (QED) is 0.829. The van der Waals surface area contributed by atoms with Crippen LogP contribution < -0.4 is 5.32 Å². The number of sulfonamides is 1. The van der Waals surface area contributed by atoms with Crippen molar-refractivity contribution in [3.8, 4) is 0 Å². The third kappa shape index (κ3) is 4.76. The Kier molecular flexibility index (Phi) is 6.29. The summed E-state index contributed by atoms with van der Waals surface area (Å²) in [6.07, 6.45) is 3.60. The molecule has 27 heavy (non-hydrogen) atoms. The number of hydrogen-bond acceptors (Lipinski definition) is 3. The van der Waals surface area contributed by atoms with E-state index in [0.717, 1.165) is 31.2 Å². The van der Waals surface area contributed by atoms with Gasteiger partial charge < -0.3 is 5.32 Å². The fraction of sp³-hybridized carbons (Fsp3) is 0.381. The Labute approximate surface area is 161 Å². The molecule has 0 unspecified atom stereocenters. The van der Waals surface area contributed by atoms with Crippen LogP contribution >= 0.6 is 0 Å². The lowest BCUT2D eigenvalue weighted by Crippen LogP contribution is -2.41. The lowest BCUT2D eigenvalue weighted by Gasteiger charge is -2.32. The first-order chi connectivity index (χ1) is 13.0. The normalized spacial score (nSPS) is 18.2. The molecule has 1 fully saturated rings. The summed E-state index contributed by atoms with van der Waals surface area (Å²) in [6, 6.07) is 16.2. The molecule has 0 radical (unpaired) electrons. The summed E-state index contributed by atoms with van der Waals surface area (Å²) in [5.41, 5.74) is 1.63. The Morgan fingerprint density at radius 2 is 1.78 bits per heavy atom. The van der Waals surface area contributed by atoms with E-state index in [1.807, 2.05) is 37.3 Å². The molecule has 1 atom stereocenters. The first kappa shape index (κ1) is 19.6. The van der Waals surface area contributed by atoms with Crippen molar-refractivity contribution in [1.82, 2.24) is 9.62 Å². The molecule has 0 aromatic heterocycles. The highest BCUT2D eigenvalue weighted by Gasteiger charge is 2.30. The summed E-state index contributed by atoms with van der Waals surface area (Å²) < 4.78 is 27.2. The molecule has 144 valence electrons. The van der Waals surface area contributed by atoms with Gasteiger partial charge in [-0.3, -0.25) is 4.79 Å². The molecular weight excluding hydrogens is 360 g/mol. The summed E-state index contributed by atoms with van der Waals surface area (Å²) >= 11 is 0. The van der Waals surface area contributed by atoms with Gasteiger partial charge in [0, 0.05) is 24.7 Å². The van der Waals surface area contributed by atoms with Gasteiger partial charge >= 0.3 is 0 Å². The highest BCUT2D eigenvalue weighted by Crippen LogP contribution is 2.25. The van der Waals surface area contributed by atoms with Crippen molar-refractivity contribution in [3.05, 3.63) is 65.7 Å². The maximum absolute atomic E-state index is 12.8. The van der Waals surface area contributed by atoms with Crippen LogP contribution in [0.4, 0.5) is 0 Å². The van der Waals surface area contributed by atoms with Crippen molar-refractivity contribution in [3.63, 3.8) is 0 Å². The maximum atomic E-state index is 12.8. The van der Waals surface area contributed by atoms with Crippen LogP contribution in [0, 0.1) is 0 Å². The van der Waals surface area contributed by atoms with Crippen molar-refractivity contribution in [2.75, 3.05) is 13.1 Å². The van der Waals surface area contributed by atoms with E-state index in [1.54, 1.807) is 16.4 Å². The van der Waals surface area contributed by atoms with Gasteiger partial charge in [0.1, 0.15) is 0 Å². The molecule has 3 rings (SSSR count). The predicted octanol–water partition coefficient (Wildman–Crippen LogP) is 3.22. The van der Waals surface area contributed by atoms with Gasteiger partial charge in [0.05, 0.1) is 4.90 Å². The van der Waals surface area contributed by atoms with E-state index < -0.39 is 10.0 Å². The molecule has 0 bridgehead atoms. The number of nitrogens with one attached hydrogen (secondary N) is 1. The van der Waals surface area contributed by atoms with E-state index in [4.69, 9.17) is 0 Å². The SMILES string of the molecule is C[C@@H]1CCCCN1S(=O)(=O)c1ccc(C(=O)NCCc2ccccc2)cc1. The van der Waals surface area contributed by atoms with Gasteiger partial charge in [-0.2, -0.15) is 4.31 Å². The summed E-state index contributed by atoms with van der Waals surface area (Å²) in [6.45, 7) is 3.05. The Balaban J connectivity index is 1.61. The van der Waals surface area contributed by atoms with Crippen LogP contribution in [0.5, 0.6) is 0 Å². The fourth-order valence-corrected chi connectivity index (χ4v) is 5.11. The van der Waals surface area contributed by atoms with E-state index in [2.05, 4.69) is 5.32 Å². The Bertz CT molecular complexity index is 864. The van der Waals surface area contributed by atoms with Gasteiger partial charge in [0.25, 0.3) is 5.91 Å². The van der Waals surface area contributed by atoms with Crippen molar-refractivity contribution < 1.29 is 13.2 Å². The zero-order valence-electron chi connectivity index (χ0n) is 15.6. The highest BCUT2D eigenvalue weighted by atomic mass is 32.2. The van der Waals surface area contributed by atoms with E-state index in [1.165, 1.54) is 12.1 Å². The van der Waals surface area contributed by atoms with Crippen LogP contribution in [0.15, 0.2) is 59.5 Å². The van der Waals surface area contributed by atoms with Crippen molar-refractivity contribution in [2.45, 2.75) is 43.5 Å². The largest absolute Gasteiger partial charge is 0.352 e. The zero-order valence-corrected chi connectivity index (χ0v) is 16.4. The Morgan fingerprint density at radius 3 is 2.44 bits per heavy atom. The zero-order chi connectivity index (χ0) is 19.3. The second-order valence-electron chi connectivity index (χ2n) is 6.98. The minimum Gasteiger partial charge on any atom is -0.352 e. The third-order valence-electron chi connectivity index (χ3n) is 5.01. The molecule has 1 aliphatic rings. The average Bonchev–Trinajstić information content (AvgIpc) is 2.69. The van der Waals surface area contributed by atoms with Crippen LogP contribution in [0.1, 0.15) is 42.1 Å². The smallest absolute Gasteiger partial charge is 0.251 e. The average molecular weight is 387 g/mol. The number of hydrogen-bond donors (Lipinski definition) is 1. The number of carbonyl (C=O) groups excluding carboxylic acids is 1. The van der Waals surface area contributed by atoms with E-state index in [-0.39, 0.29) is 16.8 Å². The molecule has 1 saturated heterocycles. The standard InChI is InChI=1S/C21H26N2O3S/c1-17-7-5-6-16-23(17)27(25,26)20-12-10-19(11-13-20)21(24)22-15-14-18-8-3-2-4-9-18/h2-4,8-13,17H,5-7,14-16H2,1H3,(H,22,24)/t17-/m1/s1. The van der Waals surface area contributed by atoms with Crippen LogP contribution in [-0.4, -0.2) is 37.8 Å². The highest BCUT2D eigenvalue weighted by molar-refractivity contribution is 7.89. The number of nitrogens with zero attached hydrogens (tertiary/aromatic N) is 1. The van der Waals surface area contributed by atoms with E-state index >= 15 is 0 Å². The summed E-state index contributed by atoms with van der Waals surface area (Å²) in [5.74, 6) is -0.193. The molecule has 0 spiro atoms. The minimum atomic E-state index is -3.51. The minimum absolute atomic E-state index is 0.0183. The van der Waals surface area contributed by atoms with Crippen molar-refractivity contribution in [1.29, 1.82) is 0 Å². The first-order valence-corrected chi connectivity index (χ1v) is 10.9. The predicted molar refractivity (Wildman–Crippen MR) is 106 cm³/mol. The van der Waals surface area contributed by atoms with Gasteiger partial charge in [-0.15, -0.1) is 0 Å². The molecule has 1 aliphatic heterocycles. The molecule has 5 nitrogen and oxygen atoms in total. The molecule has 2 aromatic carbocycles. The number of rotatable bonds is 6. The lowest BCUT2D eigenvalue weighted by atomic mass is 10.1. The molecule has 0 aliphatic carbocycles. The number of piperidine rings is 1. The van der Waals surface area contributed by atoms with Gasteiger partial charge in [-0.25, -0.2) is 8.42 Å². The van der Waals surface area contributed by atoms with Crippen LogP contribution in [0.3, 0.4) is 0 Å². The van der Waals surface area contributed by atoms with Crippen molar-refractivity contribution >= 4 is 15.9 Å². The number of amides is 1. The van der Waals surface area contributed by atoms with Gasteiger partial charge in [-0.05, 0) is 56.0 Å². The monoisotopic (exact) mass is 386 g/mol. The van der Waals surface area contributed by atoms with E-state index in [0.29, 0.717) is 18.7 Å². The third-order valence-corrected chi connectivity index (χ3v) is 7.03. The van der Waals surface area contributed by atoms with Gasteiger partial charge in [0.15, 0.2) is 0 Å². The molecule has 2 aromatic rings. The second kappa shape index (κ2) is 8.67. The van der Waals surface area contributed by atoms with Crippen molar-refractivity contribution in [2.24, 2.45) is 0 Å². The van der Waals surface area contributed by atoms with Gasteiger partial charge in [-0.1, -0.05) is 36.8 Å².